The number of anilines is 1. The lowest BCUT2D eigenvalue weighted by molar-refractivity contribution is -0.131. The number of hydrogen-bond donors (Lipinski definition) is 0. The van der Waals surface area contributed by atoms with Crippen LogP contribution >= 0.6 is 0 Å². The number of benzene rings is 1. The van der Waals surface area contributed by atoms with Gasteiger partial charge in [-0.3, -0.25) is 9.59 Å². The Morgan fingerprint density at radius 1 is 1.25 bits per heavy atom. The molecule has 132 valence electrons. The molecule has 0 bridgehead atoms. The van der Waals surface area contributed by atoms with Gasteiger partial charge in [0.15, 0.2) is 9.84 Å². The zero-order chi connectivity index (χ0) is 17.9. The van der Waals surface area contributed by atoms with Gasteiger partial charge in [0.05, 0.1) is 11.5 Å². The first-order chi connectivity index (χ1) is 11.2. The average molecular weight is 356 g/mol. The number of hydrogen-bond acceptors (Lipinski definition) is 4. The Balaban J connectivity index is 1.97. The van der Waals surface area contributed by atoms with Gasteiger partial charge in [-0.05, 0) is 30.7 Å². The molecule has 0 aliphatic carbocycles. The third-order valence-corrected chi connectivity index (χ3v) is 5.97. The highest BCUT2D eigenvalue weighted by Crippen LogP contribution is 2.19. The maximum Gasteiger partial charge on any atom is 0.224 e. The quantitative estimate of drug-likeness (QED) is 0.795. The first kappa shape index (κ1) is 18.4. The predicted molar refractivity (Wildman–Crippen MR) is 88.9 cm³/mol. The van der Waals surface area contributed by atoms with Crippen LogP contribution in [0.25, 0.3) is 0 Å². The van der Waals surface area contributed by atoms with Gasteiger partial charge in [0.2, 0.25) is 11.8 Å². The van der Waals surface area contributed by atoms with Crippen LogP contribution in [0.3, 0.4) is 0 Å². The van der Waals surface area contributed by atoms with Crippen LogP contribution in [0.15, 0.2) is 24.3 Å². The van der Waals surface area contributed by atoms with Crippen LogP contribution in [-0.4, -0.2) is 56.3 Å². The van der Waals surface area contributed by atoms with E-state index < -0.39 is 15.7 Å². The van der Waals surface area contributed by atoms with Crippen molar-refractivity contribution in [1.29, 1.82) is 0 Å². The molecule has 0 radical (unpaired) electrons. The van der Waals surface area contributed by atoms with E-state index in [1.165, 1.54) is 41.0 Å². The summed E-state index contributed by atoms with van der Waals surface area (Å²) in [5.41, 5.74) is 0.516. The van der Waals surface area contributed by atoms with Crippen LogP contribution in [-0.2, 0) is 19.4 Å². The molecule has 0 spiro atoms. The zero-order valence-electron chi connectivity index (χ0n) is 13.7. The Labute approximate surface area is 141 Å². The normalized spacial score (nSPS) is 19.0. The monoisotopic (exact) mass is 356 g/mol. The molecule has 1 aromatic carbocycles. The zero-order valence-corrected chi connectivity index (χ0v) is 14.6. The van der Waals surface area contributed by atoms with Crippen molar-refractivity contribution in [2.24, 2.45) is 0 Å². The molecule has 8 heteroatoms. The van der Waals surface area contributed by atoms with Crippen molar-refractivity contribution in [3.8, 4) is 0 Å². The van der Waals surface area contributed by atoms with Gasteiger partial charge in [0, 0.05) is 38.7 Å². The van der Waals surface area contributed by atoms with E-state index >= 15 is 0 Å². The van der Waals surface area contributed by atoms with Gasteiger partial charge in [-0.15, -0.1) is 0 Å². The highest BCUT2D eigenvalue weighted by atomic mass is 32.2. The number of halogens is 1. The molecule has 1 aliphatic rings. The summed E-state index contributed by atoms with van der Waals surface area (Å²) in [5.74, 6) is -0.778. The Morgan fingerprint density at radius 3 is 2.38 bits per heavy atom. The molecule has 0 N–H and O–H groups in total. The lowest BCUT2D eigenvalue weighted by Gasteiger charge is -2.26. The molecule has 24 heavy (non-hydrogen) atoms. The third-order valence-electron chi connectivity index (χ3n) is 4.22. The second-order valence-corrected chi connectivity index (χ2v) is 8.19. The molecule has 1 fully saturated rings. The van der Waals surface area contributed by atoms with Crippen LogP contribution < -0.4 is 4.90 Å². The van der Waals surface area contributed by atoms with Crippen molar-refractivity contribution in [2.45, 2.75) is 25.8 Å². The van der Waals surface area contributed by atoms with Crippen molar-refractivity contribution < 1.29 is 22.4 Å². The Hall–Kier alpha value is -1.96. The minimum absolute atomic E-state index is 0.0103. The molecule has 2 rings (SSSR count). The van der Waals surface area contributed by atoms with Gasteiger partial charge in [-0.1, -0.05) is 0 Å². The number of carbonyl (C=O) groups is 2. The summed E-state index contributed by atoms with van der Waals surface area (Å²) in [6, 6.07) is 5.16. The molecule has 0 aromatic heterocycles. The fraction of sp³-hybridized carbons (Fsp3) is 0.500. The molecular weight excluding hydrogens is 335 g/mol. The highest BCUT2D eigenvalue weighted by molar-refractivity contribution is 7.91. The van der Waals surface area contributed by atoms with Crippen LogP contribution in [0.5, 0.6) is 0 Å². The van der Waals surface area contributed by atoms with Crippen LogP contribution in [0.4, 0.5) is 10.1 Å². The van der Waals surface area contributed by atoms with Gasteiger partial charge in [0.25, 0.3) is 0 Å². The first-order valence-corrected chi connectivity index (χ1v) is 9.51. The van der Waals surface area contributed by atoms with E-state index in [1.807, 2.05) is 0 Å². The third kappa shape index (κ3) is 4.53. The summed E-state index contributed by atoms with van der Waals surface area (Å²) < 4.78 is 36.0. The van der Waals surface area contributed by atoms with Crippen LogP contribution in [0.2, 0.25) is 0 Å². The van der Waals surface area contributed by atoms with Crippen LogP contribution in [0, 0.1) is 5.82 Å². The molecule has 1 atom stereocenters. The highest BCUT2D eigenvalue weighted by Gasteiger charge is 2.32. The second-order valence-electron chi connectivity index (χ2n) is 5.96. The molecule has 1 heterocycles. The van der Waals surface area contributed by atoms with Gasteiger partial charge >= 0.3 is 0 Å². The molecule has 0 saturated carbocycles. The predicted octanol–water partition coefficient (Wildman–Crippen LogP) is 1.21. The van der Waals surface area contributed by atoms with Crippen molar-refractivity contribution in [1.82, 2.24) is 4.90 Å². The number of sulfone groups is 1. The fourth-order valence-corrected chi connectivity index (χ4v) is 4.53. The average Bonchev–Trinajstić information content (AvgIpc) is 2.88. The summed E-state index contributed by atoms with van der Waals surface area (Å²) in [4.78, 5) is 26.9. The lowest BCUT2D eigenvalue weighted by atomic mass is 10.2. The fourth-order valence-electron chi connectivity index (χ4n) is 2.76. The minimum Gasteiger partial charge on any atom is -0.342 e. The van der Waals surface area contributed by atoms with Gasteiger partial charge in [-0.25, -0.2) is 12.8 Å². The molecule has 1 aromatic rings. The summed E-state index contributed by atoms with van der Waals surface area (Å²) in [7, 11) is -1.47. The summed E-state index contributed by atoms with van der Waals surface area (Å²) in [6.45, 7) is 1.53. The van der Waals surface area contributed by atoms with E-state index in [4.69, 9.17) is 0 Å². The summed E-state index contributed by atoms with van der Waals surface area (Å²) in [5, 5.41) is 0. The van der Waals surface area contributed by atoms with E-state index in [0.29, 0.717) is 12.1 Å². The van der Waals surface area contributed by atoms with E-state index in [1.54, 1.807) is 7.05 Å². The van der Waals surface area contributed by atoms with Crippen molar-refractivity contribution in [2.75, 3.05) is 30.0 Å². The molecule has 1 saturated heterocycles. The van der Waals surface area contributed by atoms with Crippen LogP contribution in [0.1, 0.15) is 19.8 Å². The van der Waals surface area contributed by atoms with E-state index in [-0.39, 0.29) is 42.3 Å². The lowest BCUT2D eigenvalue weighted by Crippen LogP contribution is -2.40. The number of carbonyl (C=O) groups excluding carboxylic acids is 2. The first-order valence-electron chi connectivity index (χ1n) is 7.69. The maximum atomic E-state index is 13.0. The number of nitrogens with zero attached hydrogens (tertiary/aromatic N) is 2. The molecular formula is C16H21FN2O4S. The maximum absolute atomic E-state index is 13.0. The molecule has 1 unspecified atom stereocenters. The van der Waals surface area contributed by atoms with Crippen molar-refractivity contribution in [3.05, 3.63) is 30.1 Å². The topological polar surface area (TPSA) is 74.8 Å². The van der Waals surface area contributed by atoms with E-state index in [0.717, 1.165) is 0 Å². The minimum atomic E-state index is -3.06. The molecule has 1 aliphatic heterocycles. The van der Waals surface area contributed by atoms with Crippen molar-refractivity contribution in [3.63, 3.8) is 0 Å². The number of rotatable bonds is 5. The smallest absolute Gasteiger partial charge is 0.224 e. The standard InChI is InChI=1S/C16H21FN2O4S/c1-12(20)19(14-5-3-13(17)4-6-14)9-7-16(21)18(2)15-8-10-24(22,23)11-15/h3-6,15H,7-11H2,1-2H3. The Morgan fingerprint density at radius 2 is 1.88 bits per heavy atom. The van der Waals surface area contributed by atoms with E-state index in [9.17, 15) is 22.4 Å². The SMILES string of the molecule is CC(=O)N(CCC(=O)N(C)C1CCS(=O)(=O)C1)c1ccc(F)cc1. The Kier molecular flexibility index (Phi) is 5.58. The van der Waals surface area contributed by atoms with Crippen molar-refractivity contribution >= 4 is 27.3 Å². The summed E-state index contributed by atoms with van der Waals surface area (Å²) >= 11 is 0. The second kappa shape index (κ2) is 7.29. The van der Waals surface area contributed by atoms with Gasteiger partial charge < -0.3 is 9.80 Å². The number of amides is 2. The Bertz CT molecular complexity index is 718. The summed E-state index contributed by atoms with van der Waals surface area (Å²) in [6.07, 6.45) is 0.517. The van der Waals surface area contributed by atoms with Gasteiger partial charge in [0.1, 0.15) is 5.82 Å². The molecule has 6 nitrogen and oxygen atoms in total. The van der Waals surface area contributed by atoms with Gasteiger partial charge in [-0.2, -0.15) is 0 Å². The molecule has 2 amide bonds. The largest absolute Gasteiger partial charge is 0.342 e. The van der Waals surface area contributed by atoms with E-state index in [2.05, 4.69) is 0 Å².